The van der Waals surface area contributed by atoms with Crippen LogP contribution in [0.5, 0.6) is 0 Å². The second-order valence-electron chi connectivity index (χ2n) is 16.4. The summed E-state index contributed by atoms with van der Waals surface area (Å²) in [5.41, 5.74) is 16.3. The molecule has 2 nitrogen and oxygen atoms in total. The van der Waals surface area contributed by atoms with Gasteiger partial charge in [0.2, 0.25) is 0 Å². The van der Waals surface area contributed by atoms with E-state index in [-0.39, 0.29) is 0 Å². The SMILES string of the molecule is c1ccc(-c2ccc(N(c3ccc(-c4cccc(-c5ccccc5)c4-n4c5ccccc5c5c6ccccc6ccc54)cc3)c3ccccc3-c3cccc4ccccc34)cc2)cc1. The lowest BCUT2D eigenvalue weighted by Gasteiger charge is -2.28. The highest BCUT2D eigenvalue weighted by Crippen LogP contribution is 2.46. The van der Waals surface area contributed by atoms with Gasteiger partial charge in [0.15, 0.2) is 0 Å². The van der Waals surface area contributed by atoms with Crippen LogP contribution < -0.4 is 4.90 Å². The number of hydrogen-bond acceptors (Lipinski definition) is 1. The number of hydrogen-bond donors (Lipinski definition) is 0. The molecule has 0 aliphatic rings. The minimum Gasteiger partial charge on any atom is -0.310 e. The molecule has 0 spiro atoms. The molecule has 11 aromatic carbocycles. The van der Waals surface area contributed by atoms with Gasteiger partial charge in [-0.2, -0.15) is 0 Å². The van der Waals surface area contributed by atoms with Gasteiger partial charge in [-0.15, -0.1) is 0 Å². The third-order valence-electron chi connectivity index (χ3n) is 12.8. The highest BCUT2D eigenvalue weighted by atomic mass is 15.1. The molecule has 0 atom stereocenters. The van der Waals surface area contributed by atoms with Gasteiger partial charge in [0.25, 0.3) is 0 Å². The van der Waals surface area contributed by atoms with Crippen molar-refractivity contribution in [3.05, 3.63) is 255 Å². The monoisotopic (exact) mass is 814 g/mol. The lowest BCUT2D eigenvalue weighted by Crippen LogP contribution is -2.11. The normalized spacial score (nSPS) is 11.4. The fraction of sp³-hybridized carbons (Fsp3) is 0. The van der Waals surface area contributed by atoms with Crippen LogP contribution in [0.25, 0.3) is 93.5 Å². The maximum atomic E-state index is 2.50. The Balaban J connectivity index is 1.06. The van der Waals surface area contributed by atoms with E-state index >= 15 is 0 Å². The minimum atomic E-state index is 1.08. The van der Waals surface area contributed by atoms with Gasteiger partial charge in [-0.05, 0) is 91.8 Å². The average molecular weight is 815 g/mol. The van der Waals surface area contributed by atoms with E-state index in [0.29, 0.717) is 0 Å². The van der Waals surface area contributed by atoms with Gasteiger partial charge in [-0.25, -0.2) is 0 Å². The van der Waals surface area contributed by atoms with Gasteiger partial charge >= 0.3 is 0 Å². The molecular formula is C62H42N2. The summed E-state index contributed by atoms with van der Waals surface area (Å²) in [5.74, 6) is 0. The summed E-state index contributed by atoms with van der Waals surface area (Å²) < 4.78 is 2.50. The van der Waals surface area contributed by atoms with Crippen LogP contribution >= 0.6 is 0 Å². The van der Waals surface area contributed by atoms with Crippen molar-refractivity contribution < 1.29 is 0 Å². The Morgan fingerprint density at radius 2 is 0.734 bits per heavy atom. The largest absolute Gasteiger partial charge is 0.310 e. The Hall–Kier alpha value is -8.46. The number of rotatable bonds is 8. The molecule has 0 aliphatic carbocycles. The van der Waals surface area contributed by atoms with E-state index in [1.54, 1.807) is 0 Å². The number of anilines is 3. The molecule has 0 radical (unpaired) electrons. The van der Waals surface area contributed by atoms with E-state index in [4.69, 9.17) is 0 Å². The van der Waals surface area contributed by atoms with Crippen LogP contribution in [0.3, 0.4) is 0 Å². The standard InChI is InChI=1S/C62H42N2/c1-3-17-43(18-4-1)44-33-38-49(39-34-44)63(58-31-13-11-26-56(58)55-30-15-23-45-21-7-9-24-51(45)55)50-40-35-48(36-41-50)54-29-16-28-53(46-19-5-2-6-20-46)62(54)64-59-32-14-12-27-57(59)61-52-25-10-8-22-47(52)37-42-60(61)64/h1-42H. The van der Waals surface area contributed by atoms with E-state index in [9.17, 15) is 0 Å². The third kappa shape index (κ3) is 6.35. The summed E-state index contributed by atoms with van der Waals surface area (Å²) in [7, 11) is 0. The first kappa shape index (κ1) is 37.3. The van der Waals surface area contributed by atoms with Crippen molar-refractivity contribution in [2.24, 2.45) is 0 Å². The first-order chi connectivity index (χ1) is 31.8. The lowest BCUT2D eigenvalue weighted by atomic mass is 9.94. The van der Waals surface area contributed by atoms with Crippen molar-refractivity contribution in [1.29, 1.82) is 0 Å². The average Bonchev–Trinajstić information content (AvgIpc) is 3.72. The molecule has 0 bridgehead atoms. The molecule has 12 rings (SSSR count). The van der Waals surface area contributed by atoms with E-state index in [2.05, 4.69) is 264 Å². The molecule has 0 fully saturated rings. The van der Waals surface area contributed by atoms with Gasteiger partial charge in [-0.3, -0.25) is 0 Å². The second-order valence-corrected chi connectivity index (χ2v) is 16.4. The van der Waals surface area contributed by atoms with Crippen LogP contribution in [-0.4, -0.2) is 4.57 Å². The predicted octanol–water partition coefficient (Wildman–Crippen LogP) is 17.2. The van der Waals surface area contributed by atoms with Crippen LogP contribution in [0.4, 0.5) is 17.1 Å². The number of aromatic nitrogens is 1. The Kier molecular flexibility index (Phi) is 9.20. The highest BCUT2D eigenvalue weighted by molar-refractivity contribution is 6.22. The molecule has 0 unspecified atom stereocenters. The molecule has 0 amide bonds. The molecule has 64 heavy (non-hydrogen) atoms. The van der Waals surface area contributed by atoms with Gasteiger partial charge in [0.05, 0.1) is 22.4 Å². The molecule has 0 aliphatic heterocycles. The first-order valence-corrected chi connectivity index (χ1v) is 22.0. The third-order valence-corrected chi connectivity index (χ3v) is 12.8. The lowest BCUT2D eigenvalue weighted by molar-refractivity contribution is 1.18. The van der Waals surface area contributed by atoms with Crippen LogP contribution in [0.1, 0.15) is 0 Å². The van der Waals surface area contributed by atoms with Crippen molar-refractivity contribution in [2.75, 3.05) is 4.90 Å². The Bertz CT molecular complexity index is 3640. The zero-order valence-electron chi connectivity index (χ0n) is 35.1. The number of fused-ring (bicyclic) bond motifs is 6. The fourth-order valence-electron chi connectivity index (χ4n) is 9.86. The molecule has 1 heterocycles. The van der Waals surface area contributed by atoms with Crippen molar-refractivity contribution in [2.45, 2.75) is 0 Å². The minimum absolute atomic E-state index is 1.08. The van der Waals surface area contributed by atoms with Crippen molar-refractivity contribution in [1.82, 2.24) is 4.57 Å². The molecule has 2 heteroatoms. The molecule has 12 aromatic rings. The number of benzene rings is 11. The molecule has 300 valence electrons. The van der Waals surface area contributed by atoms with Gasteiger partial charge in [0.1, 0.15) is 0 Å². The van der Waals surface area contributed by atoms with Crippen molar-refractivity contribution in [3.8, 4) is 50.2 Å². The zero-order chi connectivity index (χ0) is 42.4. The summed E-state index contributed by atoms with van der Waals surface area (Å²) in [4.78, 5) is 2.41. The summed E-state index contributed by atoms with van der Waals surface area (Å²) in [6.45, 7) is 0. The smallest absolute Gasteiger partial charge is 0.0618 e. The second kappa shape index (κ2) is 15.8. The van der Waals surface area contributed by atoms with Crippen LogP contribution in [-0.2, 0) is 0 Å². The summed E-state index contributed by atoms with van der Waals surface area (Å²) in [6.07, 6.45) is 0. The molecule has 0 saturated heterocycles. The van der Waals surface area contributed by atoms with Crippen LogP contribution in [0, 0.1) is 0 Å². The van der Waals surface area contributed by atoms with E-state index < -0.39 is 0 Å². The maximum absolute atomic E-state index is 2.50. The number of para-hydroxylation sites is 3. The molecule has 1 aromatic heterocycles. The van der Waals surface area contributed by atoms with Gasteiger partial charge in [0, 0.05) is 38.8 Å². The van der Waals surface area contributed by atoms with E-state index in [1.165, 1.54) is 82.3 Å². The predicted molar refractivity (Wildman–Crippen MR) is 272 cm³/mol. The fourth-order valence-corrected chi connectivity index (χ4v) is 9.86. The molecule has 0 N–H and O–H groups in total. The van der Waals surface area contributed by atoms with Crippen molar-refractivity contribution >= 4 is 60.4 Å². The Morgan fingerprint density at radius 3 is 1.45 bits per heavy atom. The van der Waals surface area contributed by atoms with Crippen LogP contribution in [0.2, 0.25) is 0 Å². The van der Waals surface area contributed by atoms with Gasteiger partial charge in [-0.1, -0.05) is 212 Å². The topological polar surface area (TPSA) is 8.17 Å². The summed E-state index contributed by atoms with van der Waals surface area (Å²) >= 11 is 0. The number of nitrogens with zero attached hydrogens (tertiary/aromatic N) is 2. The quantitative estimate of drug-likeness (QED) is 0.148. The molecular weight excluding hydrogens is 773 g/mol. The first-order valence-electron chi connectivity index (χ1n) is 22.0. The zero-order valence-corrected chi connectivity index (χ0v) is 35.1. The maximum Gasteiger partial charge on any atom is 0.0618 e. The Labute approximate surface area is 373 Å². The summed E-state index contributed by atoms with van der Waals surface area (Å²) in [5, 5.41) is 7.48. The van der Waals surface area contributed by atoms with Gasteiger partial charge < -0.3 is 9.47 Å². The Morgan fingerprint density at radius 1 is 0.266 bits per heavy atom. The summed E-state index contributed by atoms with van der Waals surface area (Å²) in [6, 6.07) is 92.7. The molecule has 0 saturated carbocycles. The van der Waals surface area contributed by atoms with E-state index in [1.807, 2.05) is 0 Å². The van der Waals surface area contributed by atoms with E-state index in [0.717, 1.165) is 28.3 Å². The highest BCUT2D eigenvalue weighted by Gasteiger charge is 2.22. The van der Waals surface area contributed by atoms with Crippen molar-refractivity contribution in [3.63, 3.8) is 0 Å². The van der Waals surface area contributed by atoms with Crippen LogP contribution in [0.15, 0.2) is 255 Å².